The largest absolute Gasteiger partial charge is 0.340 e. The molecule has 0 aliphatic rings. The minimum atomic E-state index is -0.134. The van der Waals surface area contributed by atoms with Gasteiger partial charge >= 0.3 is 0 Å². The molecule has 0 atom stereocenters. The number of nitrogens with one attached hydrogen (secondary N) is 1. The van der Waals surface area contributed by atoms with Crippen LogP contribution in [0.5, 0.6) is 0 Å². The van der Waals surface area contributed by atoms with E-state index >= 15 is 0 Å². The second-order valence-corrected chi connectivity index (χ2v) is 5.63. The number of carbonyl (C=O) groups is 2. The molecule has 1 heterocycles. The van der Waals surface area contributed by atoms with E-state index in [1.165, 1.54) is 11.3 Å². The third-order valence-corrected chi connectivity index (χ3v) is 4.06. The minimum Gasteiger partial charge on any atom is -0.340 e. The van der Waals surface area contributed by atoms with Gasteiger partial charge in [0.25, 0.3) is 5.91 Å². The van der Waals surface area contributed by atoms with Gasteiger partial charge in [-0.05, 0) is 24.6 Å². The van der Waals surface area contributed by atoms with Crippen molar-refractivity contribution in [2.75, 3.05) is 27.2 Å². The average molecular weight is 339 g/mol. The van der Waals surface area contributed by atoms with Crippen LogP contribution in [0.1, 0.15) is 25.6 Å². The summed E-state index contributed by atoms with van der Waals surface area (Å²) in [5.41, 5.74) is 0.913. The van der Waals surface area contributed by atoms with E-state index in [1.54, 1.807) is 42.3 Å². The Hall–Kier alpha value is -1.69. The number of hydrogen-bond donors (Lipinski definition) is 1. The topological polar surface area (TPSA) is 49.4 Å². The summed E-state index contributed by atoms with van der Waals surface area (Å²) in [5, 5.41) is 4.86. The van der Waals surface area contributed by atoms with Gasteiger partial charge in [0.2, 0.25) is 5.78 Å². The maximum Gasteiger partial charge on any atom is 0.254 e. The second kappa shape index (κ2) is 8.68. The van der Waals surface area contributed by atoms with Crippen molar-refractivity contribution in [3.63, 3.8) is 0 Å². The molecule has 0 spiro atoms. The molecule has 1 N–H and O–H groups in total. The number of ketones is 1. The Labute approximate surface area is 140 Å². The predicted molar refractivity (Wildman–Crippen MR) is 92.3 cm³/mol. The van der Waals surface area contributed by atoms with Crippen LogP contribution in [0.3, 0.4) is 0 Å². The summed E-state index contributed by atoms with van der Waals surface area (Å²) in [7, 11) is 3.58. The Morgan fingerprint density at radius 2 is 1.82 bits per heavy atom. The van der Waals surface area contributed by atoms with Gasteiger partial charge in [0, 0.05) is 25.7 Å². The van der Waals surface area contributed by atoms with E-state index in [1.807, 2.05) is 18.5 Å². The van der Waals surface area contributed by atoms with Gasteiger partial charge in [-0.3, -0.25) is 9.59 Å². The van der Waals surface area contributed by atoms with Gasteiger partial charge in [-0.15, -0.1) is 23.7 Å². The number of benzene rings is 1. The zero-order valence-electron chi connectivity index (χ0n) is 12.5. The van der Waals surface area contributed by atoms with Crippen molar-refractivity contribution >= 4 is 35.4 Å². The summed E-state index contributed by atoms with van der Waals surface area (Å²) in [6, 6.07) is 10.6. The summed E-state index contributed by atoms with van der Waals surface area (Å²) >= 11 is 1.38. The van der Waals surface area contributed by atoms with Gasteiger partial charge in [0.1, 0.15) is 0 Å². The highest BCUT2D eigenvalue weighted by Gasteiger charge is 2.20. The lowest BCUT2D eigenvalue weighted by Gasteiger charge is -2.18. The number of amides is 1. The fraction of sp³-hybridized carbons (Fsp3) is 0.250. The number of nitrogens with zero attached hydrogens (tertiary/aromatic N) is 1. The fourth-order valence-electron chi connectivity index (χ4n) is 1.99. The van der Waals surface area contributed by atoms with Crippen LogP contribution in [0, 0.1) is 0 Å². The lowest BCUT2D eigenvalue weighted by molar-refractivity contribution is 0.0792. The van der Waals surface area contributed by atoms with Crippen LogP contribution in [-0.2, 0) is 0 Å². The van der Waals surface area contributed by atoms with Gasteiger partial charge in [-0.25, -0.2) is 0 Å². The monoisotopic (exact) mass is 338 g/mol. The molecule has 0 radical (unpaired) electrons. The Bertz CT molecular complexity index is 629. The van der Waals surface area contributed by atoms with Crippen molar-refractivity contribution in [1.82, 2.24) is 10.2 Å². The van der Waals surface area contributed by atoms with Gasteiger partial charge in [-0.2, -0.15) is 0 Å². The van der Waals surface area contributed by atoms with E-state index in [4.69, 9.17) is 0 Å². The molecule has 0 saturated heterocycles. The third kappa shape index (κ3) is 4.16. The maximum absolute atomic E-state index is 12.5. The second-order valence-electron chi connectivity index (χ2n) is 4.68. The first kappa shape index (κ1) is 18.4. The molecule has 0 unspecified atom stereocenters. The molecule has 1 amide bonds. The number of carbonyl (C=O) groups excluding carboxylic acids is 2. The Morgan fingerprint density at radius 3 is 2.41 bits per heavy atom. The number of likely N-dealkylation sites (N-methyl/N-ethyl adjacent to an activating group) is 2. The van der Waals surface area contributed by atoms with Crippen LogP contribution in [0.25, 0.3) is 0 Å². The molecular weight excluding hydrogens is 320 g/mol. The van der Waals surface area contributed by atoms with Crippen molar-refractivity contribution < 1.29 is 9.59 Å². The van der Waals surface area contributed by atoms with Crippen molar-refractivity contribution in [3.8, 4) is 0 Å². The Balaban J connectivity index is 0.00000242. The summed E-state index contributed by atoms with van der Waals surface area (Å²) in [5.74, 6) is -0.235. The molecule has 2 rings (SSSR count). The first-order valence-corrected chi connectivity index (χ1v) is 7.60. The Kier molecular flexibility index (Phi) is 7.24. The zero-order chi connectivity index (χ0) is 15.2. The predicted octanol–water partition coefficient (Wildman–Crippen LogP) is 2.69. The standard InChI is InChI=1S/C16H18N2O2S.ClH/c1-17-9-10-18(2)16(20)13-7-4-3-6-12(13)15(19)14-8-5-11-21-14;/h3-8,11,17H,9-10H2,1-2H3;1H. The average Bonchev–Trinajstić information content (AvgIpc) is 3.05. The smallest absolute Gasteiger partial charge is 0.254 e. The van der Waals surface area contributed by atoms with Crippen molar-refractivity contribution in [1.29, 1.82) is 0 Å². The quantitative estimate of drug-likeness (QED) is 0.824. The van der Waals surface area contributed by atoms with Gasteiger partial charge in [-0.1, -0.05) is 24.3 Å². The number of hydrogen-bond acceptors (Lipinski definition) is 4. The van der Waals surface area contributed by atoms with Crippen LogP contribution < -0.4 is 5.32 Å². The van der Waals surface area contributed by atoms with Crippen LogP contribution >= 0.6 is 23.7 Å². The molecule has 6 heteroatoms. The summed E-state index contributed by atoms with van der Waals surface area (Å²) in [6.07, 6.45) is 0. The van der Waals surface area contributed by atoms with Crippen molar-refractivity contribution in [3.05, 3.63) is 57.8 Å². The van der Waals surface area contributed by atoms with Crippen molar-refractivity contribution in [2.45, 2.75) is 0 Å². The van der Waals surface area contributed by atoms with E-state index in [2.05, 4.69) is 5.32 Å². The molecule has 0 saturated carbocycles. The van der Waals surface area contributed by atoms with Crippen LogP contribution in [-0.4, -0.2) is 43.8 Å². The van der Waals surface area contributed by atoms with E-state index in [-0.39, 0.29) is 24.1 Å². The molecule has 1 aromatic carbocycles. The molecule has 4 nitrogen and oxygen atoms in total. The zero-order valence-corrected chi connectivity index (χ0v) is 14.2. The lowest BCUT2D eigenvalue weighted by atomic mass is 10.0. The SMILES string of the molecule is CNCCN(C)C(=O)c1ccccc1C(=O)c1cccs1.Cl. The number of halogens is 1. The third-order valence-electron chi connectivity index (χ3n) is 3.19. The normalized spacial score (nSPS) is 9.91. The van der Waals surface area contributed by atoms with E-state index in [0.29, 0.717) is 29.1 Å². The molecule has 0 fully saturated rings. The first-order chi connectivity index (χ1) is 10.1. The molecule has 0 aliphatic heterocycles. The van der Waals surface area contributed by atoms with Crippen LogP contribution in [0.15, 0.2) is 41.8 Å². The number of rotatable bonds is 6. The van der Waals surface area contributed by atoms with E-state index < -0.39 is 0 Å². The van der Waals surface area contributed by atoms with Crippen molar-refractivity contribution in [2.24, 2.45) is 0 Å². The molecule has 118 valence electrons. The first-order valence-electron chi connectivity index (χ1n) is 6.72. The van der Waals surface area contributed by atoms with Gasteiger partial charge in [0.05, 0.1) is 10.4 Å². The highest BCUT2D eigenvalue weighted by Crippen LogP contribution is 2.19. The lowest BCUT2D eigenvalue weighted by Crippen LogP contribution is -2.33. The summed E-state index contributed by atoms with van der Waals surface area (Å²) < 4.78 is 0. The van der Waals surface area contributed by atoms with E-state index in [0.717, 1.165) is 0 Å². The van der Waals surface area contributed by atoms with Crippen LogP contribution in [0.2, 0.25) is 0 Å². The Morgan fingerprint density at radius 1 is 1.14 bits per heavy atom. The molecular formula is C16H19ClN2O2S. The molecule has 2 aromatic rings. The highest BCUT2D eigenvalue weighted by molar-refractivity contribution is 7.12. The fourth-order valence-corrected chi connectivity index (χ4v) is 2.67. The maximum atomic E-state index is 12.5. The molecule has 1 aromatic heterocycles. The molecule has 22 heavy (non-hydrogen) atoms. The molecule has 0 aliphatic carbocycles. The molecule has 0 bridgehead atoms. The summed E-state index contributed by atoms with van der Waals surface area (Å²) in [6.45, 7) is 1.31. The summed E-state index contributed by atoms with van der Waals surface area (Å²) in [4.78, 5) is 27.3. The van der Waals surface area contributed by atoms with Gasteiger partial charge < -0.3 is 10.2 Å². The number of thiophene rings is 1. The highest BCUT2D eigenvalue weighted by atomic mass is 35.5. The van der Waals surface area contributed by atoms with Crippen LogP contribution in [0.4, 0.5) is 0 Å². The minimum absolute atomic E-state index is 0. The van der Waals surface area contributed by atoms with E-state index in [9.17, 15) is 9.59 Å². The van der Waals surface area contributed by atoms with Gasteiger partial charge in [0.15, 0.2) is 0 Å².